The van der Waals surface area contributed by atoms with Crippen molar-refractivity contribution in [2.45, 2.75) is 44.8 Å². The number of rotatable bonds is 7. The summed E-state index contributed by atoms with van der Waals surface area (Å²) in [6.45, 7) is 6.84. The molecule has 0 bridgehead atoms. The van der Waals surface area contributed by atoms with E-state index in [4.69, 9.17) is 21.3 Å². The maximum atomic E-state index is 9.13. The highest BCUT2D eigenvalue weighted by Gasteiger charge is 2.23. The summed E-state index contributed by atoms with van der Waals surface area (Å²) in [7, 11) is 0. The molecule has 0 aliphatic heterocycles. The Morgan fingerprint density at radius 2 is 1.79 bits per heavy atom. The van der Waals surface area contributed by atoms with Crippen LogP contribution in [0.1, 0.15) is 33.6 Å². The molecule has 0 saturated carbocycles. The minimum absolute atomic E-state index is 0.00476. The molecule has 0 aromatic rings. The van der Waals surface area contributed by atoms with Crippen molar-refractivity contribution in [3.05, 3.63) is 0 Å². The Bertz CT molecular complexity index is 157. The lowest BCUT2D eigenvalue weighted by Crippen LogP contribution is -2.39. The van der Waals surface area contributed by atoms with E-state index in [0.717, 1.165) is 6.42 Å². The van der Waals surface area contributed by atoms with Crippen molar-refractivity contribution in [3.63, 3.8) is 0 Å². The molecule has 1 atom stereocenters. The van der Waals surface area contributed by atoms with Crippen molar-refractivity contribution in [2.24, 2.45) is 11.5 Å². The monoisotopic (exact) mass is 204 g/mol. The molecule has 0 saturated heterocycles. The van der Waals surface area contributed by atoms with Gasteiger partial charge in [0.1, 0.15) is 0 Å². The molecule has 0 spiro atoms. The van der Waals surface area contributed by atoms with Gasteiger partial charge in [0.05, 0.1) is 12.2 Å². The fourth-order valence-corrected chi connectivity index (χ4v) is 1.06. The SMILES string of the molecule is CC(C)(N)CCOC(C)(CO)CCN. The maximum Gasteiger partial charge on any atom is 0.0896 e. The molecule has 0 rings (SSSR count). The van der Waals surface area contributed by atoms with Gasteiger partial charge in [0.2, 0.25) is 0 Å². The number of nitrogens with two attached hydrogens (primary N) is 2. The van der Waals surface area contributed by atoms with Gasteiger partial charge < -0.3 is 21.3 Å². The van der Waals surface area contributed by atoms with Gasteiger partial charge >= 0.3 is 0 Å². The second kappa shape index (κ2) is 5.66. The number of hydrogen-bond acceptors (Lipinski definition) is 4. The third kappa shape index (κ3) is 6.32. The van der Waals surface area contributed by atoms with E-state index in [1.807, 2.05) is 20.8 Å². The first kappa shape index (κ1) is 13.8. The summed E-state index contributed by atoms with van der Waals surface area (Å²) in [6.07, 6.45) is 1.43. The van der Waals surface area contributed by atoms with Crippen LogP contribution in [0.15, 0.2) is 0 Å². The van der Waals surface area contributed by atoms with Crippen molar-refractivity contribution in [3.8, 4) is 0 Å². The van der Waals surface area contributed by atoms with Crippen LogP contribution < -0.4 is 11.5 Å². The van der Waals surface area contributed by atoms with Crippen LogP contribution in [0.2, 0.25) is 0 Å². The Morgan fingerprint density at radius 1 is 1.21 bits per heavy atom. The summed E-state index contributed by atoms with van der Waals surface area (Å²) < 4.78 is 5.59. The zero-order valence-corrected chi connectivity index (χ0v) is 9.55. The van der Waals surface area contributed by atoms with E-state index in [2.05, 4.69) is 0 Å². The van der Waals surface area contributed by atoms with Crippen molar-refractivity contribution < 1.29 is 9.84 Å². The van der Waals surface area contributed by atoms with Gasteiger partial charge in [-0.3, -0.25) is 0 Å². The third-order valence-corrected chi connectivity index (χ3v) is 2.20. The van der Waals surface area contributed by atoms with Crippen LogP contribution in [0.4, 0.5) is 0 Å². The predicted molar refractivity (Wildman–Crippen MR) is 58.0 cm³/mol. The first-order valence-corrected chi connectivity index (χ1v) is 5.07. The zero-order chi connectivity index (χ0) is 11.2. The topological polar surface area (TPSA) is 81.5 Å². The fraction of sp³-hybridized carbons (Fsp3) is 1.00. The Kier molecular flexibility index (Phi) is 5.59. The average molecular weight is 204 g/mol. The van der Waals surface area contributed by atoms with Gasteiger partial charge in [0, 0.05) is 12.1 Å². The molecule has 1 unspecified atom stereocenters. The number of hydrogen-bond donors (Lipinski definition) is 3. The minimum Gasteiger partial charge on any atom is -0.393 e. The van der Waals surface area contributed by atoms with Gasteiger partial charge in [-0.1, -0.05) is 0 Å². The van der Waals surface area contributed by atoms with Gasteiger partial charge in [0.15, 0.2) is 0 Å². The van der Waals surface area contributed by atoms with Crippen molar-refractivity contribution >= 4 is 0 Å². The Balaban J connectivity index is 3.84. The molecule has 0 radical (unpaired) electrons. The third-order valence-electron chi connectivity index (χ3n) is 2.20. The lowest BCUT2D eigenvalue weighted by Gasteiger charge is -2.29. The second-order valence-electron chi connectivity index (χ2n) is 4.73. The molecule has 0 heterocycles. The molecule has 5 N–H and O–H groups in total. The molecule has 0 aliphatic rings. The molecule has 0 fully saturated rings. The number of aliphatic hydroxyl groups is 1. The van der Waals surface area contributed by atoms with Crippen LogP contribution in [0.5, 0.6) is 0 Å². The highest BCUT2D eigenvalue weighted by molar-refractivity contribution is 4.76. The summed E-state index contributed by atoms with van der Waals surface area (Å²) in [5.41, 5.74) is 10.5. The zero-order valence-electron chi connectivity index (χ0n) is 9.55. The molecule has 14 heavy (non-hydrogen) atoms. The quantitative estimate of drug-likeness (QED) is 0.554. The summed E-state index contributed by atoms with van der Waals surface area (Å²) in [4.78, 5) is 0. The van der Waals surface area contributed by atoms with E-state index in [0.29, 0.717) is 19.6 Å². The number of ether oxygens (including phenoxy) is 1. The van der Waals surface area contributed by atoms with Gasteiger partial charge in [-0.25, -0.2) is 0 Å². The van der Waals surface area contributed by atoms with E-state index >= 15 is 0 Å². The van der Waals surface area contributed by atoms with Crippen molar-refractivity contribution in [2.75, 3.05) is 19.8 Å². The maximum absolute atomic E-state index is 9.13. The highest BCUT2D eigenvalue weighted by Crippen LogP contribution is 2.15. The van der Waals surface area contributed by atoms with E-state index < -0.39 is 5.60 Å². The molecule has 0 aromatic heterocycles. The van der Waals surface area contributed by atoms with Crippen LogP contribution in [0.25, 0.3) is 0 Å². The summed E-state index contributed by atoms with van der Waals surface area (Å²) in [6, 6.07) is 0. The Labute approximate surface area is 86.6 Å². The second-order valence-corrected chi connectivity index (χ2v) is 4.73. The molecular formula is C10H24N2O2. The van der Waals surface area contributed by atoms with Crippen LogP contribution in [0.3, 0.4) is 0 Å². The lowest BCUT2D eigenvalue weighted by molar-refractivity contribution is -0.0741. The first-order chi connectivity index (χ1) is 6.33. The van der Waals surface area contributed by atoms with E-state index in [9.17, 15) is 0 Å². The van der Waals surface area contributed by atoms with Gasteiger partial charge in [-0.2, -0.15) is 0 Å². The molecule has 86 valence electrons. The summed E-state index contributed by atoms with van der Waals surface area (Å²) in [5, 5.41) is 9.13. The summed E-state index contributed by atoms with van der Waals surface area (Å²) >= 11 is 0. The highest BCUT2D eigenvalue weighted by atomic mass is 16.5. The normalized spacial score (nSPS) is 16.7. The van der Waals surface area contributed by atoms with E-state index in [1.54, 1.807) is 0 Å². The molecule has 0 aliphatic carbocycles. The molecule has 4 heteroatoms. The van der Waals surface area contributed by atoms with Gasteiger partial charge in [-0.15, -0.1) is 0 Å². The number of aliphatic hydroxyl groups excluding tert-OH is 1. The molecular weight excluding hydrogens is 180 g/mol. The Hall–Kier alpha value is -0.160. The fourth-order valence-electron chi connectivity index (χ4n) is 1.06. The largest absolute Gasteiger partial charge is 0.393 e. The van der Waals surface area contributed by atoms with Crippen LogP contribution >= 0.6 is 0 Å². The van der Waals surface area contributed by atoms with E-state index in [1.165, 1.54) is 0 Å². The lowest BCUT2D eigenvalue weighted by atomic mass is 10.0. The van der Waals surface area contributed by atoms with E-state index in [-0.39, 0.29) is 12.1 Å². The predicted octanol–water partition coefficient (Wildman–Crippen LogP) is 0.230. The van der Waals surface area contributed by atoms with Gasteiger partial charge in [-0.05, 0) is 40.2 Å². The van der Waals surface area contributed by atoms with Gasteiger partial charge in [0.25, 0.3) is 0 Å². The molecule has 0 aromatic carbocycles. The minimum atomic E-state index is -0.514. The average Bonchev–Trinajstić information content (AvgIpc) is 2.02. The summed E-state index contributed by atoms with van der Waals surface area (Å²) in [5.74, 6) is 0. The molecule has 0 amide bonds. The van der Waals surface area contributed by atoms with Crippen LogP contribution in [-0.2, 0) is 4.74 Å². The van der Waals surface area contributed by atoms with Crippen molar-refractivity contribution in [1.29, 1.82) is 0 Å². The first-order valence-electron chi connectivity index (χ1n) is 5.07. The standard InChI is InChI=1S/C10H24N2O2/c1-9(2,12)5-7-14-10(3,8-13)4-6-11/h13H,4-8,11-12H2,1-3H3. The molecule has 4 nitrogen and oxygen atoms in total. The van der Waals surface area contributed by atoms with Crippen molar-refractivity contribution in [1.82, 2.24) is 0 Å². The smallest absolute Gasteiger partial charge is 0.0896 e. The Morgan fingerprint density at radius 3 is 2.14 bits per heavy atom. The van der Waals surface area contributed by atoms with Crippen LogP contribution in [-0.4, -0.2) is 36.0 Å². The van der Waals surface area contributed by atoms with Crippen LogP contribution in [0, 0.1) is 0 Å².